The zero-order valence-corrected chi connectivity index (χ0v) is 13.1. The summed E-state index contributed by atoms with van der Waals surface area (Å²) in [5, 5.41) is 3.77. The molecule has 6 heteroatoms. The molecule has 2 aromatic rings. The van der Waals surface area contributed by atoms with Crippen molar-refractivity contribution in [3.8, 4) is 0 Å². The number of hydrogen-bond acceptors (Lipinski definition) is 3. The van der Waals surface area contributed by atoms with Crippen LogP contribution in [0.3, 0.4) is 0 Å². The standard InChI is InChI=1S/C15H18ClN3O2/c1-4-15(2,3)18-13(20)8-19-9-17-12-6-5-10(16)7-11(12)14(19)21/h5-7,9H,4,8H2,1-3H3,(H,18,20). The highest BCUT2D eigenvalue weighted by Gasteiger charge is 2.18. The van der Waals surface area contributed by atoms with Gasteiger partial charge in [0.05, 0.1) is 17.2 Å². The third-order valence-corrected chi connectivity index (χ3v) is 3.70. The van der Waals surface area contributed by atoms with Crippen LogP contribution in [0.25, 0.3) is 10.9 Å². The Balaban J connectivity index is 2.29. The average molecular weight is 308 g/mol. The van der Waals surface area contributed by atoms with Crippen LogP contribution >= 0.6 is 11.6 Å². The highest BCUT2D eigenvalue weighted by atomic mass is 35.5. The lowest BCUT2D eigenvalue weighted by molar-refractivity contribution is -0.123. The van der Waals surface area contributed by atoms with E-state index in [1.54, 1.807) is 18.2 Å². The van der Waals surface area contributed by atoms with Crippen LogP contribution in [0.15, 0.2) is 29.3 Å². The van der Waals surface area contributed by atoms with Crippen molar-refractivity contribution in [3.05, 3.63) is 39.9 Å². The molecule has 0 unspecified atom stereocenters. The van der Waals surface area contributed by atoms with Gasteiger partial charge in [0, 0.05) is 10.6 Å². The fourth-order valence-electron chi connectivity index (χ4n) is 1.90. The van der Waals surface area contributed by atoms with E-state index in [0.29, 0.717) is 15.9 Å². The Morgan fingerprint density at radius 1 is 1.43 bits per heavy atom. The van der Waals surface area contributed by atoms with Gasteiger partial charge in [-0.25, -0.2) is 4.98 Å². The minimum absolute atomic E-state index is 0.0578. The zero-order chi connectivity index (χ0) is 15.6. The first-order valence-electron chi connectivity index (χ1n) is 6.78. The Morgan fingerprint density at radius 2 is 2.14 bits per heavy atom. The van der Waals surface area contributed by atoms with E-state index in [4.69, 9.17) is 11.6 Å². The molecular formula is C15H18ClN3O2. The zero-order valence-electron chi connectivity index (χ0n) is 12.3. The van der Waals surface area contributed by atoms with E-state index in [2.05, 4.69) is 10.3 Å². The third kappa shape index (κ3) is 3.61. The van der Waals surface area contributed by atoms with Gasteiger partial charge in [-0.15, -0.1) is 0 Å². The van der Waals surface area contributed by atoms with Gasteiger partial charge >= 0.3 is 0 Å². The monoisotopic (exact) mass is 307 g/mol. The van der Waals surface area contributed by atoms with E-state index in [1.807, 2.05) is 20.8 Å². The van der Waals surface area contributed by atoms with Gasteiger partial charge < -0.3 is 5.32 Å². The summed E-state index contributed by atoms with van der Waals surface area (Å²) in [5.41, 5.74) is -0.00392. The second-order valence-electron chi connectivity index (χ2n) is 5.62. The fraction of sp³-hybridized carbons (Fsp3) is 0.400. The summed E-state index contributed by atoms with van der Waals surface area (Å²) in [6, 6.07) is 4.93. The van der Waals surface area contributed by atoms with E-state index in [1.165, 1.54) is 10.9 Å². The molecule has 0 bridgehead atoms. The number of aromatic nitrogens is 2. The van der Waals surface area contributed by atoms with Crippen LogP contribution in [0.1, 0.15) is 27.2 Å². The van der Waals surface area contributed by atoms with Gasteiger partial charge in [0.15, 0.2) is 0 Å². The average Bonchev–Trinajstić information content (AvgIpc) is 2.42. The second-order valence-corrected chi connectivity index (χ2v) is 6.06. The van der Waals surface area contributed by atoms with Crippen LogP contribution in [0.5, 0.6) is 0 Å². The normalized spacial score (nSPS) is 11.6. The molecule has 0 aliphatic rings. The lowest BCUT2D eigenvalue weighted by Crippen LogP contribution is -2.45. The van der Waals surface area contributed by atoms with Crippen LogP contribution < -0.4 is 10.9 Å². The van der Waals surface area contributed by atoms with Gasteiger partial charge in [0.2, 0.25) is 5.91 Å². The number of benzene rings is 1. The molecule has 21 heavy (non-hydrogen) atoms. The largest absolute Gasteiger partial charge is 0.350 e. The summed E-state index contributed by atoms with van der Waals surface area (Å²) in [6.45, 7) is 5.81. The Kier molecular flexibility index (Phi) is 4.32. The maximum Gasteiger partial charge on any atom is 0.261 e. The van der Waals surface area contributed by atoms with Crippen molar-refractivity contribution in [1.82, 2.24) is 14.9 Å². The summed E-state index contributed by atoms with van der Waals surface area (Å²) < 4.78 is 1.29. The molecule has 0 aliphatic carbocycles. The summed E-state index contributed by atoms with van der Waals surface area (Å²) in [5.74, 6) is -0.216. The van der Waals surface area contributed by atoms with E-state index in [-0.39, 0.29) is 23.6 Å². The van der Waals surface area contributed by atoms with Crippen LogP contribution in [0.2, 0.25) is 5.02 Å². The van der Waals surface area contributed by atoms with E-state index in [9.17, 15) is 9.59 Å². The number of rotatable bonds is 4. The van der Waals surface area contributed by atoms with E-state index >= 15 is 0 Å². The van der Waals surface area contributed by atoms with Crippen molar-refractivity contribution in [1.29, 1.82) is 0 Å². The van der Waals surface area contributed by atoms with Gasteiger partial charge in [-0.1, -0.05) is 18.5 Å². The second kappa shape index (κ2) is 5.85. The molecule has 0 atom stereocenters. The first-order chi connectivity index (χ1) is 9.82. The molecule has 1 aromatic carbocycles. The van der Waals surface area contributed by atoms with Crippen LogP contribution in [-0.4, -0.2) is 21.0 Å². The van der Waals surface area contributed by atoms with E-state index in [0.717, 1.165) is 6.42 Å². The number of nitrogens with one attached hydrogen (secondary N) is 1. The Labute approximate surface area is 127 Å². The summed E-state index contributed by atoms with van der Waals surface area (Å²) in [7, 11) is 0. The van der Waals surface area contributed by atoms with E-state index < -0.39 is 0 Å². The molecule has 0 saturated carbocycles. The van der Waals surface area contributed by atoms with Crippen molar-refractivity contribution in [2.24, 2.45) is 0 Å². The first kappa shape index (κ1) is 15.5. The molecule has 1 heterocycles. The minimum atomic E-state index is -0.297. The molecule has 0 saturated heterocycles. The molecule has 5 nitrogen and oxygen atoms in total. The number of carbonyl (C=O) groups excluding carboxylic acids is 1. The molecule has 1 aromatic heterocycles. The third-order valence-electron chi connectivity index (χ3n) is 3.46. The Morgan fingerprint density at radius 3 is 2.81 bits per heavy atom. The van der Waals surface area contributed by atoms with Crippen molar-refractivity contribution >= 4 is 28.4 Å². The maximum absolute atomic E-state index is 12.3. The smallest absolute Gasteiger partial charge is 0.261 e. The molecule has 0 fully saturated rings. The molecule has 0 radical (unpaired) electrons. The number of fused-ring (bicyclic) bond motifs is 1. The molecule has 2 rings (SSSR count). The van der Waals surface area contributed by atoms with Gasteiger partial charge in [0.25, 0.3) is 5.56 Å². The van der Waals surface area contributed by atoms with Crippen LogP contribution in [0.4, 0.5) is 0 Å². The van der Waals surface area contributed by atoms with Gasteiger partial charge in [-0.2, -0.15) is 0 Å². The van der Waals surface area contributed by atoms with Gasteiger partial charge in [-0.05, 0) is 38.5 Å². The first-order valence-corrected chi connectivity index (χ1v) is 7.16. The molecular weight excluding hydrogens is 290 g/mol. The molecule has 1 N–H and O–H groups in total. The van der Waals surface area contributed by atoms with Crippen molar-refractivity contribution < 1.29 is 4.79 Å². The number of amides is 1. The number of hydrogen-bond donors (Lipinski definition) is 1. The Bertz CT molecular complexity index is 737. The molecule has 0 spiro atoms. The number of nitrogens with zero attached hydrogens (tertiary/aromatic N) is 2. The van der Waals surface area contributed by atoms with Gasteiger partial charge in [0.1, 0.15) is 6.54 Å². The topological polar surface area (TPSA) is 64.0 Å². The number of carbonyl (C=O) groups is 1. The SMILES string of the molecule is CCC(C)(C)NC(=O)Cn1cnc2ccc(Cl)cc2c1=O. The molecule has 112 valence electrons. The van der Waals surface area contributed by atoms with Crippen molar-refractivity contribution in [2.75, 3.05) is 0 Å². The van der Waals surface area contributed by atoms with Crippen LogP contribution in [0, 0.1) is 0 Å². The summed E-state index contributed by atoms with van der Waals surface area (Å²) >= 11 is 5.90. The summed E-state index contributed by atoms with van der Waals surface area (Å²) in [6.07, 6.45) is 2.19. The number of halogens is 1. The van der Waals surface area contributed by atoms with Crippen molar-refractivity contribution in [3.63, 3.8) is 0 Å². The minimum Gasteiger partial charge on any atom is -0.350 e. The highest BCUT2D eigenvalue weighted by molar-refractivity contribution is 6.31. The van der Waals surface area contributed by atoms with Crippen molar-refractivity contribution in [2.45, 2.75) is 39.3 Å². The van der Waals surface area contributed by atoms with Gasteiger partial charge in [-0.3, -0.25) is 14.2 Å². The lowest BCUT2D eigenvalue weighted by Gasteiger charge is -2.24. The molecule has 1 amide bonds. The fourth-order valence-corrected chi connectivity index (χ4v) is 2.08. The maximum atomic E-state index is 12.3. The molecule has 0 aliphatic heterocycles. The summed E-state index contributed by atoms with van der Waals surface area (Å²) in [4.78, 5) is 28.5. The quantitative estimate of drug-likeness (QED) is 0.943. The Hall–Kier alpha value is -1.88. The predicted octanol–water partition coefficient (Wildman–Crippen LogP) is 2.35. The van der Waals surface area contributed by atoms with Crippen LogP contribution in [-0.2, 0) is 11.3 Å². The predicted molar refractivity (Wildman–Crippen MR) is 83.5 cm³/mol. The highest BCUT2D eigenvalue weighted by Crippen LogP contribution is 2.14. The lowest BCUT2D eigenvalue weighted by atomic mass is 10.0.